The molecule has 0 saturated heterocycles. The molecule has 0 radical (unpaired) electrons. The Bertz CT molecular complexity index is 759. The summed E-state index contributed by atoms with van der Waals surface area (Å²) < 4.78 is 0. The fourth-order valence-corrected chi connectivity index (χ4v) is 3.64. The molecule has 0 unspecified atom stereocenters. The first kappa shape index (κ1) is 21.1. The fourth-order valence-electron chi connectivity index (χ4n) is 3.64. The number of unbranched alkanes of at least 4 members (excludes halogenated alkanes) is 3. The van der Waals surface area contributed by atoms with E-state index in [9.17, 15) is 9.59 Å². The van der Waals surface area contributed by atoms with Crippen LogP contribution in [0, 0.1) is 0 Å². The maximum atomic E-state index is 13.2. The zero-order valence-corrected chi connectivity index (χ0v) is 17.0. The van der Waals surface area contributed by atoms with Crippen LogP contribution in [0.3, 0.4) is 0 Å². The predicted octanol–water partition coefficient (Wildman–Crippen LogP) is 6.59. The first-order valence-corrected chi connectivity index (χ1v) is 10.4. The molecule has 0 aliphatic heterocycles. The van der Waals surface area contributed by atoms with Crippen molar-refractivity contribution in [3.8, 4) is 0 Å². The largest absolute Gasteiger partial charge is 0.294 e. The van der Waals surface area contributed by atoms with E-state index in [4.69, 9.17) is 0 Å². The highest BCUT2D eigenvalue weighted by Crippen LogP contribution is 2.27. The molecule has 0 saturated carbocycles. The lowest BCUT2D eigenvalue weighted by Gasteiger charge is -2.17. The van der Waals surface area contributed by atoms with Crippen molar-refractivity contribution >= 4 is 11.6 Å². The highest BCUT2D eigenvalue weighted by molar-refractivity contribution is 6.16. The maximum absolute atomic E-state index is 13.2. The monoisotopic (exact) mass is 364 g/mol. The van der Waals surface area contributed by atoms with E-state index in [1.807, 2.05) is 49.4 Å². The summed E-state index contributed by atoms with van der Waals surface area (Å²) in [4.78, 5) is 26.2. The van der Waals surface area contributed by atoms with E-state index < -0.39 is 0 Å². The summed E-state index contributed by atoms with van der Waals surface area (Å²) in [7, 11) is 0. The second-order valence-electron chi connectivity index (χ2n) is 7.16. The number of hydrogen-bond acceptors (Lipinski definition) is 2. The minimum atomic E-state index is -0.0486. The highest BCUT2D eigenvalue weighted by Gasteiger charge is 2.23. The van der Waals surface area contributed by atoms with Crippen LogP contribution in [0.2, 0.25) is 0 Å². The number of carbonyl (C=O) groups excluding carboxylic acids is 2. The van der Waals surface area contributed by atoms with Gasteiger partial charge in [-0.15, -0.1) is 0 Å². The molecule has 0 spiro atoms. The summed E-state index contributed by atoms with van der Waals surface area (Å²) in [5.74, 6) is 0.0603. The van der Waals surface area contributed by atoms with E-state index in [0.717, 1.165) is 37.7 Å². The molecule has 2 rings (SSSR count). The van der Waals surface area contributed by atoms with E-state index in [-0.39, 0.29) is 11.6 Å². The lowest BCUT2D eigenvalue weighted by atomic mass is 9.85. The molecular formula is C25H32O2. The highest BCUT2D eigenvalue weighted by atomic mass is 16.1. The minimum Gasteiger partial charge on any atom is -0.294 e. The lowest BCUT2D eigenvalue weighted by molar-refractivity contribution is 0.0965. The van der Waals surface area contributed by atoms with Gasteiger partial charge in [0.1, 0.15) is 0 Å². The third kappa shape index (κ3) is 5.38. The van der Waals surface area contributed by atoms with E-state index in [2.05, 4.69) is 13.8 Å². The fraction of sp³-hybridized carbons (Fsp3) is 0.440. The Morgan fingerprint density at radius 3 is 2.19 bits per heavy atom. The van der Waals surface area contributed by atoms with Crippen LogP contribution >= 0.6 is 0 Å². The average molecular weight is 365 g/mol. The number of ketones is 2. The number of rotatable bonds is 11. The smallest absolute Gasteiger partial charge is 0.193 e. The molecule has 2 aromatic rings. The van der Waals surface area contributed by atoms with Gasteiger partial charge < -0.3 is 0 Å². The molecular weight excluding hydrogens is 332 g/mol. The quantitative estimate of drug-likeness (QED) is 0.333. The van der Waals surface area contributed by atoms with Crippen LogP contribution < -0.4 is 0 Å². The maximum Gasteiger partial charge on any atom is 0.193 e. The van der Waals surface area contributed by atoms with Crippen molar-refractivity contribution in [2.24, 2.45) is 0 Å². The Morgan fingerprint density at radius 1 is 0.815 bits per heavy atom. The second kappa shape index (κ2) is 10.8. The zero-order chi connectivity index (χ0) is 19.6. The van der Waals surface area contributed by atoms with Crippen LogP contribution in [0.15, 0.2) is 42.5 Å². The van der Waals surface area contributed by atoms with E-state index in [1.54, 1.807) is 0 Å². The van der Waals surface area contributed by atoms with E-state index in [1.165, 1.54) is 18.4 Å². The Labute approximate surface area is 164 Å². The van der Waals surface area contributed by atoms with Crippen molar-refractivity contribution in [1.82, 2.24) is 0 Å². The van der Waals surface area contributed by atoms with Gasteiger partial charge in [0.05, 0.1) is 0 Å². The molecule has 0 amide bonds. The first-order chi connectivity index (χ1) is 13.1. The van der Waals surface area contributed by atoms with Crippen molar-refractivity contribution in [3.05, 3.63) is 70.3 Å². The van der Waals surface area contributed by atoms with Crippen LogP contribution in [0.25, 0.3) is 0 Å². The van der Waals surface area contributed by atoms with Gasteiger partial charge in [-0.2, -0.15) is 0 Å². The van der Waals surface area contributed by atoms with Gasteiger partial charge in [0, 0.05) is 23.1 Å². The number of aryl methyl sites for hydroxylation is 1. The first-order valence-electron chi connectivity index (χ1n) is 10.4. The van der Waals surface area contributed by atoms with Crippen LogP contribution in [0.4, 0.5) is 0 Å². The molecule has 2 aromatic carbocycles. The predicted molar refractivity (Wildman–Crippen MR) is 113 cm³/mol. The number of benzene rings is 2. The third-order valence-corrected chi connectivity index (χ3v) is 5.11. The third-order valence-electron chi connectivity index (χ3n) is 5.11. The summed E-state index contributed by atoms with van der Waals surface area (Å²) in [5.41, 5.74) is 4.21. The molecule has 0 aliphatic carbocycles. The molecule has 0 aromatic heterocycles. The minimum absolute atomic E-state index is 0.0486. The van der Waals surface area contributed by atoms with Gasteiger partial charge >= 0.3 is 0 Å². The molecule has 0 atom stereocenters. The number of Topliss-reactive ketones (excluding diaryl/α,β-unsaturated/α-hetero) is 1. The van der Waals surface area contributed by atoms with Crippen molar-refractivity contribution in [2.75, 3.05) is 0 Å². The molecule has 2 heteroatoms. The molecule has 144 valence electrons. The SMILES string of the molecule is CCCCCCc1c(CC)ccc(C(=O)c2ccccc2)c1C(=O)CCC. The topological polar surface area (TPSA) is 34.1 Å². The summed E-state index contributed by atoms with van der Waals surface area (Å²) in [5, 5.41) is 0. The molecule has 0 fully saturated rings. The molecule has 0 heterocycles. The van der Waals surface area contributed by atoms with Crippen molar-refractivity contribution < 1.29 is 9.59 Å². The second-order valence-corrected chi connectivity index (χ2v) is 7.16. The van der Waals surface area contributed by atoms with Gasteiger partial charge in [-0.1, -0.05) is 82.5 Å². The summed E-state index contributed by atoms with van der Waals surface area (Å²) in [6.07, 6.45) is 7.68. The van der Waals surface area contributed by atoms with Crippen LogP contribution in [-0.4, -0.2) is 11.6 Å². The van der Waals surface area contributed by atoms with Crippen LogP contribution in [-0.2, 0) is 12.8 Å². The van der Waals surface area contributed by atoms with Crippen molar-refractivity contribution in [1.29, 1.82) is 0 Å². The summed E-state index contributed by atoms with van der Waals surface area (Å²) in [6.45, 7) is 6.34. The molecule has 0 aliphatic rings. The Morgan fingerprint density at radius 2 is 1.56 bits per heavy atom. The van der Waals surface area contributed by atoms with Crippen LogP contribution in [0.5, 0.6) is 0 Å². The molecule has 2 nitrogen and oxygen atoms in total. The van der Waals surface area contributed by atoms with Crippen molar-refractivity contribution in [2.45, 2.75) is 72.1 Å². The number of hydrogen-bond donors (Lipinski definition) is 0. The van der Waals surface area contributed by atoms with E-state index >= 15 is 0 Å². The van der Waals surface area contributed by atoms with Gasteiger partial charge in [-0.3, -0.25) is 9.59 Å². The summed E-state index contributed by atoms with van der Waals surface area (Å²) >= 11 is 0. The Kier molecular flexibility index (Phi) is 8.44. The van der Waals surface area contributed by atoms with Gasteiger partial charge in [0.2, 0.25) is 0 Å². The Balaban J connectivity index is 2.51. The normalized spacial score (nSPS) is 10.8. The summed E-state index contributed by atoms with van der Waals surface area (Å²) in [6, 6.07) is 13.2. The van der Waals surface area contributed by atoms with Crippen molar-refractivity contribution in [3.63, 3.8) is 0 Å². The number of carbonyl (C=O) groups is 2. The lowest BCUT2D eigenvalue weighted by Crippen LogP contribution is -2.15. The standard InChI is InChI=1S/C25H32O2/c1-4-7-8-12-16-21-19(6-3)17-18-22(24(21)23(26)13-5-2)25(27)20-14-10-9-11-15-20/h9-11,14-15,17-18H,4-8,12-13,16H2,1-3H3. The zero-order valence-electron chi connectivity index (χ0n) is 17.0. The molecule has 0 N–H and O–H groups in total. The van der Waals surface area contributed by atoms with Crippen LogP contribution in [0.1, 0.15) is 96.7 Å². The van der Waals surface area contributed by atoms with Gasteiger partial charge in [0.25, 0.3) is 0 Å². The van der Waals surface area contributed by atoms with Gasteiger partial charge in [-0.05, 0) is 36.8 Å². The van der Waals surface area contributed by atoms with E-state index in [0.29, 0.717) is 23.1 Å². The molecule has 27 heavy (non-hydrogen) atoms. The average Bonchev–Trinajstić information content (AvgIpc) is 2.70. The Hall–Kier alpha value is -2.22. The van der Waals surface area contributed by atoms with Gasteiger partial charge in [0.15, 0.2) is 11.6 Å². The molecule has 0 bridgehead atoms. The van der Waals surface area contributed by atoms with Gasteiger partial charge in [-0.25, -0.2) is 0 Å².